The van der Waals surface area contributed by atoms with E-state index in [0.717, 1.165) is 153 Å². The van der Waals surface area contributed by atoms with Gasteiger partial charge in [-0.15, -0.1) is 0 Å². The lowest BCUT2D eigenvalue weighted by atomic mass is 10.0. The molecule has 0 saturated heterocycles. The zero-order chi connectivity index (χ0) is 57.9. The Morgan fingerprint density at radius 1 is 0.295 bits per heavy atom. The Hall–Kier alpha value is -12.4. The summed E-state index contributed by atoms with van der Waals surface area (Å²) in [4.78, 5) is 4.92. The first kappa shape index (κ1) is 48.1. The molecule has 0 radical (unpaired) electrons. The van der Waals surface area contributed by atoms with Gasteiger partial charge >= 0.3 is 0 Å². The Labute approximate surface area is 501 Å². The highest BCUT2D eigenvalue weighted by molar-refractivity contribution is 6.27. The molecular formula is C80H44N6O2. The number of hydrogen-bond donors (Lipinski definition) is 0. The van der Waals surface area contributed by atoms with Gasteiger partial charge in [-0.1, -0.05) is 182 Å². The van der Waals surface area contributed by atoms with Gasteiger partial charge in [0.25, 0.3) is 0 Å². The Morgan fingerprint density at radius 3 is 1.12 bits per heavy atom. The number of nitrogens with zero attached hydrogens (tertiary/aromatic N) is 6. The van der Waals surface area contributed by atoms with Crippen molar-refractivity contribution in [3.05, 3.63) is 284 Å². The van der Waals surface area contributed by atoms with Crippen LogP contribution in [0.25, 0.3) is 181 Å². The zero-order valence-corrected chi connectivity index (χ0v) is 46.9. The number of hydrogen-bond acceptors (Lipinski definition) is 3. The van der Waals surface area contributed by atoms with Crippen LogP contribution in [0.3, 0.4) is 0 Å². The summed E-state index contributed by atoms with van der Waals surface area (Å²) in [6.45, 7) is 10.1. The highest BCUT2D eigenvalue weighted by Crippen LogP contribution is 2.54. The molecule has 6 aromatic heterocycles. The maximum absolute atomic E-state index is 13.0. The van der Waals surface area contributed by atoms with Crippen LogP contribution in [0.1, 0.15) is 5.56 Å². The van der Waals surface area contributed by atoms with Crippen LogP contribution in [-0.2, 0) is 0 Å². The van der Waals surface area contributed by atoms with Gasteiger partial charge in [-0.3, -0.25) is 0 Å². The van der Waals surface area contributed by atoms with Crippen LogP contribution in [0.5, 0.6) is 0 Å². The molecule has 13 aromatic carbocycles. The molecule has 0 aliphatic heterocycles. The summed E-state index contributed by atoms with van der Waals surface area (Å²) in [6, 6.07) is 96.2. The standard InChI is InChI=1S/C80H44N6O2/c1-82-74-77(83-62-30-14-10-26-53(62)59-44-49(36-40-66(59)83)47-20-4-2-5-21-47)61(46-81)78(85-64-32-16-8-24-51(64)55-38-42-70-72(75(55)85)57-28-12-18-34-68(57)87-70)80(84-63-31-15-11-27-54(63)60-45-50(37-41-67(60)84)48-22-6-3-7-23-48)79(74)86-65-33-17-9-25-52(65)56-39-43-71-73(76(56)86)58-29-13-19-35-69(58)88-71/h2-45H. The monoisotopic (exact) mass is 1120 g/mol. The van der Waals surface area contributed by atoms with Gasteiger partial charge in [-0.2, -0.15) is 5.26 Å². The normalized spacial score (nSPS) is 12.1. The van der Waals surface area contributed by atoms with E-state index in [2.05, 4.69) is 255 Å². The van der Waals surface area contributed by atoms with Gasteiger partial charge < -0.3 is 27.1 Å². The Bertz CT molecular complexity index is 6100. The minimum atomic E-state index is 0.295. The highest BCUT2D eigenvalue weighted by Gasteiger charge is 2.36. The maximum atomic E-state index is 13.0. The number of rotatable bonds is 6. The van der Waals surface area contributed by atoms with Crippen LogP contribution < -0.4 is 0 Å². The Morgan fingerprint density at radius 2 is 0.670 bits per heavy atom. The minimum absolute atomic E-state index is 0.295. The molecule has 0 atom stereocenters. The van der Waals surface area contributed by atoms with Crippen molar-refractivity contribution in [3.63, 3.8) is 0 Å². The van der Waals surface area contributed by atoms with E-state index in [0.29, 0.717) is 34.0 Å². The third-order valence-corrected chi connectivity index (χ3v) is 18.4. The summed E-state index contributed by atoms with van der Waals surface area (Å²) in [5, 5.41) is 24.8. The maximum Gasteiger partial charge on any atom is 0.237 e. The third kappa shape index (κ3) is 6.44. The average molecular weight is 1120 g/mol. The van der Waals surface area contributed by atoms with Crippen molar-refractivity contribution in [2.45, 2.75) is 0 Å². The molecule has 0 bridgehead atoms. The number of fused-ring (bicyclic) bond motifs is 20. The van der Waals surface area contributed by atoms with Gasteiger partial charge in [0.05, 0.1) is 89.8 Å². The summed E-state index contributed by atoms with van der Waals surface area (Å²) in [6.07, 6.45) is 0. The van der Waals surface area contributed by atoms with Crippen molar-refractivity contribution >= 4 is 137 Å². The molecule has 8 nitrogen and oxygen atoms in total. The van der Waals surface area contributed by atoms with E-state index in [1.54, 1.807) is 0 Å². The van der Waals surface area contributed by atoms with E-state index in [1.807, 2.05) is 36.4 Å². The molecule has 88 heavy (non-hydrogen) atoms. The predicted molar refractivity (Wildman–Crippen MR) is 360 cm³/mol. The van der Waals surface area contributed by atoms with Crippen molar-refractivity contribution in [2.75, 3.05) is 0 Å². The number of para-hydroxylation sites is 6. The quantitative estimate of drug-likeness (QED) is 0.156. The fraction of sp³-hybridized carbons (Fsp3) is 0. The first-order valence-electron chi connectivity index (χ1n) is 29.5. The second-order valence-corrected chi connectivity index (χ2v) is 22.8. The third-order valence-electron chi connectivity index (χ3n) is 18.4. The molecule has 6 heterocycles. The van der Waals surface area contributed by atoms with Crippen LogP contribution in [0.15, 0.2) is 276 Å². The molecule has 0 unspecified atom stereocenters. The lowest BCUT2D eigenvalue weighted by molar-refractivity contribution is 0.669. The molecule has 0 fully saturated rings. The van der Waals surface area contributed by atoms with Crippen LogP contribution in [0, 0.1) is 17.9 Å². The summed E-state index contributed by atoms with van der Waals surface area (Å²) in [7, 11) is 0. The lowest BCUT2D eigenvalue weighted by Gasteiger charge is -2.27. The van der Waals surface area contributed by atoms with Gasteiger partial charge in [0.15, 0.2) is 0 Å². The molecule has 0 spiro atoms. The molecule has 0 aliphatic rings. The van der Waals surface area contributed by atoms with Crippen molar-refractivity contribution in [1.82, 2.24) is 18.3 Å². The first-order valence-corrected chi connectivity index (χ1v) is 29.5. The second-order valence-electron chi connectivity index (χ2n) is 22.8. The fourth-order valence-electron chi connectivity index (χ4n) is 14.8. The van der Waals surface area contributed by atoms with Crippen LogP contribution in [0.2, 0.25) is 0 Å². The highest BCUT2D eigenvalue weighted by atomic mass is 16.3. The summed E-state index contributed by atoms with van der Waals surface area (Å²) in [5.41, 5.74) is 17.2. The van der Waals surface area contributed by atoms with Gasteiger partial charge in [-0.05, 0) is 107 Å². The first-order chi connectivity index (χ1) is 43.6. The predicted octanol–water partition coefficient (Wildman–Crippen LogP) is 21.6. The number of nitriles is 1. The van der Waals surface area contributed by atoms with Crippen molar-refractivity contribution in [3.8, 4) is 51.1 Å². The molecular weight excluding hydrogens is 1080 g/mol. The van der Waals surface area contributed by atoms with Crippen LogP contribution in [-0.4, -0.2) is 18.3 Å². The van der Waals surface area contributed by atoms with Gasteiger partial charge in [-0.25, -0.2) is 4.85 Å². The topological polar surface area (TPSA) is 74.2 Å². The number of benzene rings is 13. The van der Waals surface area contributed by atoms with E-state index in [4.69, 9.17) is 13.7 Å². The van der Waals surface area contributed by atoms with E-state index in [-0.39, 0.29) is 0 Å². The van der Waals surface area contributed by atoms with E-state index in [9.17, 15) is 11.8 Å². The minimum Gasteiger partial charge on any atom is -0.456 e. The fourth-order valence-corrected chi connectivity index (χ4v) is 14.8. The largest absolute Gasteiger partial charge is 0.456 e. The SMILES string of the molecule is [C-]#[N+]c1c(-n2c3ccccc3c3cc(-c4ccccc4)ccc32)c(C#N)c(-n2c3ccccc3c3ccc4oc5ccccc5c4c32)c(-n2c3ccccc3c3cc(-c4ccccc4)ccc32)c1-n1c2ccccc2c2ccc3oc4ccccc4c3c21. The number of furan rings is 2. The number of aromatic nitrogens is 4. The molecule has 406 valence electrons. The average Bonchev–Trinajstić information content (AvgIpc) is 1.50. The Balaban J connectivity index is 1.12. The van der Waals surface area contributed by atoms with Gasteiger partial charge in [0.1, 0.15) is 28.4 Å². The van der Waals surface area contributed by atoms with E-state index >= 15 is 0 Å². The second kappa shape index (κ2) is 18.1. The van der Waals surface area contributed by atoms with Crippen molar-refractivity contribution in [1.29, 1.82) is 5.26 Å². The van der Waals surface area contributed by atoms with E-state index < -0.39 is 0 Å². The smallest absolute Gasteiger partial charge is 0.237 e. The zero-order valence-electron chi connectivity index (χ0n) is 46.9. The molecule has 0 N–H and O–H groups in total. The molecule has 19 rings (SSSR count). The molecule has 0 aliphatic carbocycles. The molecule has 19 aromatic rings. The molecule has 8 heteroatoms. The lowest BCUT2D eigenvalue weighted by Crippen LogP contribution is -2.14. The summed E-state index contributed by atoms with van der Waals surface area (Å²) < 4.78 is 22.9. The van der Waals surface area contributed by atoms with Crippen LogP contribution in [0.4, 0.5) is 5.69 Å². The van der Waals surface area contributed by atoms with Gasteiger partial charge in [0, 0.05) is 53.9 Å². The molecule has 0 saturated carbocycles. The van der Waals surface area contributed by atoms with Crippen LogP contribution >= 0.6 is 0 Å². The summed E-state index contributed by atoms with van der Waals surface area (Å²) >= 11 is 0. The van der Waals surface area contributed by atoms with Crippen molar-refractivity contribution in [2.24, 2.45) is 0 Å². The van der Waals surface area contributed by atoms with Crippen molar-refractivity contribution < 1.29 is 8.83 Å². The van der Waals surface area contributed by atoms with E-state index in [1.165, 1.54) is 0 Å². The summed E-state index contributed by atoms with van der Waals surface area (Å²) in [5.74, 6) is 0. The van der Waals surface area contributed by atoms with Gasteiger partial charge in [0.2, 0.25) is 5.69 Å². The Kier molecular flexibility index (Phi) is 9.87. The molecule has 0 amide bonds.